The Morgan fingerprint density at radius 1 is 0.551 bits per heavy atom. The Morgan fingerprint density at radius 3 is 1.29 bits per heavy atom. The Labute approximate surface area is 294 Å². The molecule has 0 aromatic heterocycles. The molecular formula is C32H27CrN4O10S2+3. The topological polar surface area (TPSA) is 232 Å². The molecule has 2 aliphatic carbocycles. The van der Waals surface area contributed by atoms with Gasteiger partial charge >= 0.3 is 4.28 Å². The third-order valence-electron chi connectivity index (χ3n) is 6.84. The molecule has 49 heavy (non-hydrogen) atoms. The fourth-order valence-corrected chi connectivity index (χ4v) is 5.48. The molecule has 4 aromatic carbocycles. The monoisotopic (exact) mass is 743 g/mol. The van der Waals surface area contributed by atoms with Crippen LogP contribution in [0.2, 0.25) is 0 Å². The number of fused-ring (bicyclic) bond motifs is 2. The van der Waals surface area contributed by atoms with Gasteiger partial charge in [-0.25, -0.2) is 0 Å². The van der Waals surface area contributed by atoms with E-state index < -0.39 is 30.0 Å². The molecule has 0 bridgehead atoms. The third kappa shape index (κ3) is 8.55. The van der Waals surface area contributed by atoms with E-state index in [1.807, 2.05) is 24.3 Å². The molecule has 0 unspecified atom stereocenters. The van der Waals surface area contributed by atoms with Crippen molar-refractivity contribution in [1.29, 1.82) is 0 Å². The minimum atomic E-state index is -4.42. The number of phenols is 2. The number of benzene rings is 4. The van der Waals surface area contributed by atoms with Gasteiger partial charge in [0.15, 0.2) is 0 Å². The Balaban J connectivity index is 0.000000483. The first-order valence-corrected chi connectivity index (χ1v) is 16.5. The van der Waals surface area contributed by atoms with E-state index in [0.29, 0.717) is 11.1 Å². The van der Waals surface area contributed by atoms with Gasteiger partial charge in [-0.1, -0.05) is 60.7 Å². The van der Waals surface area contributed by atoms with Crippen LogP contribution in [0.15, 0.2) is 117 Å². The summed E-state index contributed by atoms with van der Waals surface area (Å²) in [5, 5.41) is 27.5. The van der Waals surface area contributed by atoms with Crippen molar-refractivity contribution in [1.82, 2.24) is 0 Å². The number of hydrazone groups is 2. The van der Waals surface area contributed by atoms with Gasteiger partial charge in [-0.3, -0.25) is 29.5 Å². The van der Waals surface area contributed by atoms with Crippen molar-refractivity contribution in [2.45, 2.75) is 9.79 Å². The van der Waals surface area contributed by atoms with Crippen LogP contribution in [0, 0.1) is 0 Å². The molecule has 6 rings (SSSR count). The molecule has 17 heteroatoms. The normalized spacial score (nSPS) is 15.1. The predicted molar refractivity (Wildman–Crippen MR) is 180 cm³/mol. The fourth-order valence-electron chi connectivity index (χ4n) is 4.46. The fraction of sp³-hybridized carbons (Fsp3) is 0. The predicted octanol–water partition coefficient (Wildman–Crippen LogP) is 4.44. The number of hydrogen-bond donors (Lipinski definition) is 6. The summed E-state index contributed by atoms with van der Waals surface area (Å²) in [7, 11) is -8.84. The van der Waals surface area contributed by atoms with Gasteiger partial charge in [-0.05, 0) is 59.7 Å². The van der Waals surface area contributed by atoms with Crippen LogP contribution in [0.1, 0.15) is 26.5 Å². The molecule has 4 aromatic rings. The third-order valence-corrected chi connectivity index (χ3v) is 8.53. The number of aromatic hydroxyl groups is 2. The smallest absolute Gasteiger partial charge is 0.506 e. The summed E-state index contributed by atoms with van der Waals surface area (Å²) in [5.74, 6) is -1.21. The van der Waals surface area contributed by atoms with Crippen molar-refractivity contribution in [2.75, 3.05) is 10.9 Å². The average molecular weight is 744 g/mol. The number of phenolic OH excluding ortho intramolecular Hbond substituents is 2. The van der Waals surface area contributed by atoms with E-state index in [1.165, 1.54) is 12.2 Å². The maximum Gasteiger partial charge on any atom is 1.00 e. The molecule has 0 spiro atoms. The van der Waals surface area contributed by atoms with Gasteiger partial charge in [-0.15, -0.1) is 0 Å². The largest absolute Gasteiger partial charge is 1.00 e. The molecule has 2 aliphatic rings. The molecule has 6 N–H and O–H groups in total. The second-order valence-corrected chi connectivity index (χ2v) is 12.9. The summed E-state index contributed by atoms with van der Waals surface area (Å²) in [6.45, 7) is 0. The number of rotatable bonds is 6. The van der Waals surface area contributed by atoms with Crippen LogP contribution in [-0.4, -0.2) is 59.1 Å². The zero-order chi connectivity index (χ0) is 34.6. The van der Waals surface area contributed by atoms with Crippen molar-refractivity contribution in [2.24, 2.45) is 10.2 Å². The zero-order valence-corrected chi connectivity index (χ0v) is 27.7. The average Bonchev–Trinajstić information content (AvgIpc) is 3.04. The van der Waals surface area contributed by atoms with Gasteiger partial charge in [0.25, 0.3) is 20.2 Å². The maximum atomic E-state index is 12.0. The van der Waals surface area contributed by atoms with E-state index in [9.17, 15) is 36.6 Å². The molecule has 250 valence electrons. The van der Waals surface area contributed by atoms with Crippen molar-refractivity contribution >= 4 is 66.8 Å². The molecule has 0 radical (unpaired) electrons. The number of carbonyl (C=O) groups is 2. The SMILES string of the molecule is O=C1C=Cc2ccccc2/C1=N/Nc1cc(S(=O)(=O)O)ccc1O.O=C1C=Cc2ccccc2/C1=N/Nc1cc(S(=O)(=O)O)ccc1O.[Cr].[H+].[H+].[H+]. The molecule has 0 amide bonds. The van der Waals surface area contributed by atoms with Gasteiger partial charge in [0.05, 0.1) is 21.2 Å². The van der Waals surface area contributed by atoms with Crippen LogP contribution < -0.4 is 10.9 Å². The standard InChI is InChI=1S/2C16H12N2O5S.Cr/c2*19-14-8-6-11(24(21,22)23)9-13(14)17-18-16-12-4-2-1-3-10(12)5-7-15(16)20;/h2*1-9,17,19H,(H,21,22,23);/p+3/b2*18-16-;. The Morgan fingerprint density at radius 2 is 0.918 bits per heavy atom. The summed E-state index contributed by atoms with van der Waals surface area (Å²) >= 11 is 0. The van der Waals surface area contributed by atoms with Crippen LogP contribution in [0.4, 0.5) is 11.4 Å². The van der Waals surface area contributed by atoms with Gasteiger partial charge in [-0.2, -0.15) is 27.0 Å². The van der Waals surface area contributed by atoms with Gasteiger partial charge in [0.2, 0.25) is 11.6 Å². The van der Waals surface area contributed by atoms with Crippen molar-refractivity contribution in [3.05, 3.63) is 119 Å². The van der Waals surface area contributed by atoms with Crippen LogP contribution in [0.3, 0.4) is 0 Å². The Kier molecular flexibility index (Phi) is 11.0. The van der Waals surface area contributed by atoms with Crippen molar-refractivity contribution < 1.29 is 67.4 Å². The number of ketones is 2. The molecule has 0 saturated carbocycles. The van der Waals surface area contributed by atoms with Crippen LogP contribution in [0.25, 0.3) is 12.2 Å². The number of nitrogens with zero attached hydrogens (tertiary/aromatic N) is 2. The second kappa shape index (κ2) is 14.8. The molecule has 0 fully saturated rings. The summed E-state index contributed by atoms with van der Waals surface area (Å²) in [6.07, 6.45) is 6.09. The first kappa shape index (κ1) is 36.4. The first-order chi connectivity index (χ1) is 22.7. The van der Waals surface area contributed by atoms with Crippen LogP contribution in [0.5, 0.6) is 11.5 Å². The Hall–Kier alpha value is -5.41. The van der Waals surface area contributed by atoms with Gasteiger partial charge < -0.3 is 10.2 Å². The van der Waals surface area contributed by atoms with Crippen molar-refractivity contribution in [3.63, 3.8) is 0 Å². The van der Waals surface area contributed by atoms with E-state index in [4.69, 9.17) is 9.11 Å². The summed E-state index contributed by atoms with van der Waals surface area (Å²) in [4.78, 5) is 23.3. The first-order valence-electron chi connectivity index (χ1n) is 13.6. The summed E-state index contributed by atoms with van der Waals surface area (Å²) < 4.78 is 62.8. The molecule has 0 aliphatic heterocycles. The Bertz CT molecular complexity index is 2170. The molecule has 14 nitrogen and oxygen atoms in total. The number of hydrogen-bond acceptors (Lipinski definition) is 12. The van der Waals surface area contributed by atoms with Gasteiger partial charge in [0, 0.05) is 28.5 Å². The quantitative estimate of drug-likeness (QED) is 0.0915. The van der Waals surface area contributed by atoms with Crippen molar-refractivity contribution in [3.8, 4) is 11.5 Å². The number of anilines is 2. The minimum Gasteiger partial charge on any atom is -0.506 e. The van der Waals surface area contributed by atoms with Crippen LogP contribution >= 0.6 is 0 Å². The number of carbonyl (C=O) groups excluding carboxylic acids is 2. The number of allylic oxidation sites excluding steroid dienone is 2. The van der Waals surface area contributed by atoms with Gasteiger partial charge in [0.1, 0.15) is 22.9 Å². The van der Waals surface area contributed by atoms with E-state index in [2.05, 4.69) is 21.1 Å². The molecule has 0 atom stereocenters. The molecular weight excluding hydrogens is 717 g/mol. The van der Waals surface area contributed by atoms with E-state index in [1.54, 1.807) is 36.4 Å². The van der Waals surface area contributed by atoms with E-state index in [-0.39, 0.29) is 67.5 Å². The number of nitrogens with one attached hydrogen (secondary N) is 2. The van der Waals surface area contributed by atoms with E-state index in [0.717, 1.165) is 47.5 Å². The van der Waals surface area contributed by atoms with E-state index >= 15 is 0 Å². The second-order valence-electron chi connectivity index (χ2n) is 10.0. The summed E-state index contributed by atoms with van der Waals surface area (Å²) in [5.41, 5.74) is 7.95. The summed E-state index contributed by atoms with van der Waals surface area (Å²) in [6, 6.07) is 20.6. The maximum absolute atomic E-state index is 12.0. The molecule has 0 heterocycles. The molecule has 0 saturated heterocycles. The van der Waals surface area contributed by atoms with Crippen LogP contribution in [-0.2, 0) is 47.2 Å². The minimum absolute atomic E-state index is 0. The zero-order valence-electron chi connectivity index (χ0n) is 27.7.